The lowest BCUT2D eigenvalue weighted by Crippen LogP contribution is -2.34. The van der Waals surface area contributed by atoms with Crippen LogP contribution in [-0.2, 0) is 4.79 Å². The van der Waals surface area contributed by atoms with E-state index < -0.39 is 5.91 Å². The summed E-state index contributed by atoms with van der Waals surface area (Å²) in [5.74, 6) is 5.26. The highest BCUT2D eigenvalue weighted by molar-refractivity contribution is 5.92. The summed E-state index contributed by atoms with van der Waals surface area (Å²) in [6, 6.07) is 7.31. The predicted molar refractivity (Wildman–Crippen MR) is 65.6 cm³/mol. The van der Waals surface area contributed by atoms with Gasteiger partial charge in [-0.3, -0.25) is 10.2 Å². The Kier molecular flexibility index (Phi) is 5.66. The number of hydrogen-bond acceptors (Lipinski definition) is 4. The van der Waals surface area contributed by atoms with Gasteiger partial charge in [0, 0.05) is 0 Å². The van der Waals surface area contributed by atoms with Crippen molar-refractivity contribution in [2.24, 2.45) is 5.84 Å². The first kappa shape index (κ1) is 14.6. The average molecular weight is 264 g/mol. The van der Waals surface area contributed by atoms with Crippen LogP contribution in [0.1, 0.15) is 0 Å². The summed E-state index contributed by atoms with van der Waals surface area (Å²) in [5, 5.41) is 2.92. The number of nitrogens with two attached hydrogens (primary N) is 1. The number of halogens is 2. The molecule has 7 heteroatoms. The molecular weight excluding hydrogens is 253 g/mol. The lowest BCUT2D eigenvalue weighted by Gasteiger charge is -2.17. The molecule has 2 rings (SSSR count). The number of benzene rings is 1. The van der Waals surface area contributed by atoms with E-state index in [0.717, 1.165) is 5.69 Å². The normalized spacial score (nSPS) is 11.4. The van der Waals surface area contributed by atoms with Gasteiger partial charge in [0.05, 0.1) is 11.9 Å². The Morgan fingerprint density at radius 1 is 1.31 bits per heavy atom. The van der Waals surface area contributed by atoms with Gasteiger partial charge in [-0.1, -0.05) is 12.1 Å². The first-order valence-electron chi connectivity index (χ1n) is 4.06. The molecule has 0 aliphatic carbocycles. The topological polar surface area (TPSA) is 76.4 Å². The number of amides is 1. The summed E-state index contributed by atoms with van der Waals surface area (Å²) in [6.45, 7) is 0. The number of fused-ring (bicyclic) bond motifs is 1. The second kappa shape index (κ2) is 6.22. The van der Waals surface area contributed by atoms with Crippen LogP contribution in [-0.4, -0.2) is 5.91 Å². The molecule has 1 aromatic rings. The summed E-state index contributed by atoms with van der Waals surface area (Å²) < 4.78 is 5.29. The molecule has 0 aromatic heterocycles. The van der Waals surface area contributed by atoms with Gasteiger partial charge in [-0.2, -0.15) is 0 Å². The lowest BCUT2D eigenvalue weighted by atomic mass is 10.2. The monoisotopic (exact) mass is 263 g/mol. The highest BCUT2D eigenvalue weighted by atomic mass is 35.5. The van der Waals surface area contributed by atoms with Crippen molar-refractivity contribution in [2.45, 2.75) is 0 Å². The molecule has 0 spiro atoms. The number of carbonyl (C=O) groups excluding carboxylic acids is 1. The molecule has 88 valence electrons. The third kappa shape index (κ3) is 2.79. The van der Waals surface area contributed by atoms with Gasteiger partial charge in [0.1, 0.15) is 0 Å². The van der Waals surface area contributed by atoms with Gasteiger partial charge in [0.15, 0.2) is 5.75 Å². The van der Waals surface area contributed by atoms with E-state index in [1.165, 1.54) is 6.20 Å². The molecule has 0 atom stereocenters. The van der Waals surface area contributed by atoms with Gasteiger partial charge in [-0.05, 0) is 12.1 Å². The number of para-hydroxylation sites is 2. The summed E-state index contributed by atoms with van der Waals surface area (Å²) in [7, 11) is 0. The minimum atomic E-state index is -0.466. The fourth-order valence-corrected chi connectivity index (χ4v) is 1.15. The highest BCUT2D eigenvalue weighted by Gasteiger charge is 2.16. The molecule has 0 unspecified atom stereocenters. The average Bonchev–Trinajstić information content (AvgIpc) is 2.27. The van der Waals surface area contributed by atoms with E-state index in [1.54, 1.807) is 6.07 Å². The highest BCUT2D eigenvalue weighted by Crippen LogP contribution is 2.28. The van der Waals surface area contributed by atoms with Crippen molar-refractivity contribution in [3.63, 3.8) is 0 Å². The van der Waals surface area contributed by atoms with Crippen LogP contribution in [0.5, 0.6) is 5.75 Å². The zero-order chi connectivity index (χ0) is 9.97. The molecule has 0 saturated heterocycles. The number of carbonyl (C=O) groups is 1. The zero-order valence-electron chi connectivity index (χ0n) is 8.10. The first-order chi connectivity index (χ1) is 6.81. The van der Waals surface area contributed by atoms with Crippen LogP contribution < -0.4 is 21.3 Å². The number of hydrazine groups is 1. The summed E-state index contributed by atoms with van der Waals surface area (Å²) in [6.07, 6.45) is 1.46. The molecule has 1 aliphatic rings. The smallest absolute Gasteiger partial charge is 0.302 e. The quantitative estimate of drug-likeness (QED) is 0.404. The SMILES string of the molecule is Cl.Cl.NNC(=O)C1=CNc2ccccc2O1. The molecule has 0 fully saturated rings. The Morgan fingerprint density at radius 3 is 2.69 bits per heavy atom. The van der Waals surface area contributed by atoms with Crippen LogP contribution in [0, 0.1) is 0 Å². The fourth-order valence-electron chi connectivity index (χ4n) is 1.15. The second-order valence-electron chi connectivity index (χ2n) is 2.72. The van der Waals surface area contributed by atoms with Gasteiger partial charge in [-0.25, -0.2) is 5.84 Å². The predicted octanol–water partition coefficient (Wildman–Crippen LogP) is 1.17. The minimum absolute atomic E-state index is 0. The molecule has 1 aliphatic heterocycles. The molecule has 0 bridgehead atoms. The Hall–Kier alpha value is -1.43. The van der Waals surface area contributed by atoms with Crippen LogP contribution in [0.4, 0.5) is 5.69 Å². The summed E-state index contributed by atoms with van der Waals surface area (Å²) in [4.78, 5) is 11.1. The van der Waals surface area contributed by atoms with Crippen LogP contribution in [0.15, 0.2) is 36.2 Å². The van der Waals surface area contributed by atoms with E-state index in [4.69, 9.17) is 10.6 Å². The van der Waals surface area contributed by atoms with E-state index in [9.17, 15) is 4.79 Å². The van der Waals surface area contributed by atoms with Gasteiger partial charge in [-0.15, -0.1) is 24.8 Å². The maximum Gasteiger partial charge on any atom is 0.302 e. The largest absolute Gasteiger partial charge is 0.448 e. The van der Waals surface area contributed by atoms with Crippen molar-refractivity contribution < 1.29 is 9.53 Å². The zero-order valence-corrected chi connectivity index (χ0v) is 9.73. The van der Waals surface area contributed by atoms with Gasteiger partial charge in [0.2, 0.25) is 5.76 Å². The van der Waals surface area contributed by atoms with Crippen LogP contribution in [0.3, 0.4) is 0 Å². The van der Waals surface area contributed by atoms with E-state index >= 15 is 0 Å². The van der Waals surface area contributed by atoms with E-state index in [2.05, 4.69) is 5.32 Å². The Morgan fingerprint density at radius 2 is 2.00 bits per heavy atom. The van der Waals surface area contributed by atoms with Gasteiger partial charge in [0.25, 0.3) is 0 Å². The molecule has 0 saturated carbocycles. The van der Waals surface area contributed by atoms with Crippen LogP contribution in [0.25, 0.3) is 0 Å². The molecule has 1 heterocycles. The maximum atomic E-state index is 11.1. The number of anilines is 1. The van der Waals surface area contributed by atoms with Crippen molar-refractivity contribution in [3.05, 3.63) is 36.2 Å². The Bertz CT molecular complexity index is 409. The van der Waals surface area contributed by atoms with Gasteiger partial charge >= 0.3 is 5.91 Å². The molecule has 4 N–H and O–H groups in total. The Balaban J connectivity index is 0.00000112. The second-order valence-corrected chi connectivity index (χ2v) is 2.72. The van der Waals surface area contributed by atoms with E-state index in [-0.39, 0.29) is 30.6 Å². The number of nitrogens with one attached hydrogen (secondary N) is 2. The third-order valence-corrected chi connectivity index (χ3v) is 1.82. The number of rotatable bonds is 1. The maximum absolute atomic E-state index is 11.1. The molecule has 1 amide bonds. The lowest BCUT2D eigenvalue weighted by molar-refractivity contribution is -0.119. The standard InChI is InChI=1S/C9H9N3O2.2ClH/c10-12-9(13)8-5-11-6-3-1-2-4-7(6)14-8;;/h1-5,11H,10H2,(H,12,13);2*1H. The molecule has 1 aromatic carbocycles. The van der Waals surface area contributed by atoms with Crippen molar-refractivity contribution in [2.75, 3.05) is 5.32 Å². The molecule has 16 heavy (non-hydrogen) atoms. The minimum Gasteiger partial charge on any atom is -0.448 e. The number of hydrogen-bond donors (Lipinski definition) is 3. The fraction of sp³-hybridized carbons (Fsp3) is 0. The van der Waals surface area contributed by atoms with Crippen LogP contribution >= 0.6 is 24.8 Å². The van der Waals surface area contributed by atoms with Gasteiger partial charge < -0.3 is 10.1 Å². The molecule has 5 nitrogen and oxygen atoms in total. The van der Waals surface area contributed by atoms with E-state index in [0.29, 0.717) is 5.75 Å². The van der Waals surface area contributed by atoms with Crippen molar-refractivity contribution in [1.82, 2.24) is 5.43 Å². The number of ether oxygens (including phenoxy) is 1. The molecule has 0 radical (unpaired) electrons. The summed E-state index contributed by atoms with van der Waals surface area (Å²) >= 11 is 0. The van der Waals surface area contributed by atoms with Crippen LogP contribution in [0.2, 0.25) is 0 Å². The summed E-state index contributed by atoms with van der Waals surface area (Å²) in [5.41, 5.74) is 2.81. The third-order valence-electron chi connectivity index (χ3n) is 1.82. The van der Waals surface area contributed by atoms with E-state index in [1.807, 2.05) is 23.6 Å². The first-order valence-corrected chi connectivity index (χ1v) is 4.06. The van der Waals surface area contributed by atoms with Crippen molar-refractivity contribution in [1.29, 1.82) is 0 Å². The molecular formula is C9H11Cl2N3O2. The van der Waals surface area contributed by atoms with Crippen molar-refractivity contribution in [3.8, 4) is 5.75 Å². The van der Waals surface area contributed by atoms with Crippen molar-refractivity contribution >= 4 is 36.4 Å². The Labute approximate surface area is 105 Å².